The molecule has 2 aromatic rings. The van der Waals surface area contributed by atoms with Gasteiger partial charge in [-0.25, -0.2) is 4.79 Å². The highest BCUT2D eigenvalue weighted by molar-refractivity contribution is 5.81. The lowest BCUT2D eigenvalue weighted by Crippen LogP contribution is -2.42. The summed E-state index contributed by atoms with van der Waals surface area (Å²) in [7, 11) is 0. The van der Waals surface area contributed by atoms with Gasteiger partial charge in [-0.3, -0.25) is 14.7 Å². The van der Waals surface area contributed by atoms with Crippen LogP contribution in [0.1, 0.15) is 24.3 Å². The number of alkyl halides is 3. The van der Waals surface area contributed by atoms with Gasteiger partial charge in [-0.05, 0) is 49.6 Å². The van der Waals surface area contributed by atoms with E-state index in [1.165, 1.54) is 0 Å². The van der Waals surface area contributed by atoms with Crippen molar-refractivity contribution in [3.63, 3.8) is 0 Å². The van der Waals surface area contributed by atoms with Crippen molar-refractivity contribution >= 4 is 11.9 Å². The number of ether oxygens (including phenoxy) is 1. The third-order valence-corrected chi connectivity index (χ3v) is 5.30. The van der Waals surface area contributed by atoms with Gasteiger partial charge in [0.15, 0.2) is 0 Å². The minimum atomic E-state index is -5.08. The quantitative estimate of drug-likeness (QED) is 0.714. The number of carboxylic acid groups (broad SMARTS) is 1. The Morgan fingerprint density at radius 2 is 2.03 bits per heavy atom. The van der Waals surface area contributed by atoms with E-state index in [9.17, 15) is 18.0 Å². The van der Waals surface area contributed by atoms with Gasteiger partial charge in [-0.2, -0.15) is 13.2 Å². The first kappa shape index (κ1) is 23.7. The topological polar surface area (TPSA) is 105 Å². The molecule has 2 aromatic heterocycles. The first-order chi connectivity index (χ1) is 15.2. The van der Waals surface area contributed by atoms with Gasteiger partial charge in [-0.1, -0.05) is 6.07 Å². The number of amides is 1. The number of carbonyl (C=O) groups excluding carboxylic acids is 1. The molecule has 3 atom stereocenters. The maximum atomic E-state index is 12.4. The van der Waals surface area contributed by atoms with Gasteiger partial charge in [0.25, 0.3) is 0 Å². The third-order valence-electron chi connectivity index (χ3n) is 5.30. The summed E-state index contributed by atoms with van der Waals surface area (Å²) in [5.74, 6) is -1.57. The summed E-state index contributed by atoms with van der Waals surface area (Å²) in [6.45, 7) is 3.14. The van der Waals surface area contributed by atoms with Crippen molar-refractivity contribution in [2.45, 2.75) is 44.3 Å². The zero-order valence-electron chi connectivity index (χ0n) is 17.1. The van der Waals surface area contributed by atoms with Crippen molar-refractivity contribution < 1.29 is 37.0 Å². The summed E-state index contributed by atoms with van der Waals surface area (Å²) in [5, 5.41) is 10.0. The van der Waals surface area contributed by atoms with Gasteiger partial charge in [0.1, 0.15) is 11.9 Å². The summed E-state index contributed by atoms with van der Waals surface area (Å²) in [5.41, 5.74) is 1.08. The van der Waals surface area contributed by atoms with Crippen LogP contribution in [0.5, 0.6) is 0 Å². The van der Waals surface area contributed by atoms with Crippen LogP contribution < -0.4 is 5.32 Å². The van der Waals surface area contributed by atoms with E-state index in [-0.39, 0.29) is 18.1 Å². The van der Waals surface area contributed by atoms with Gasteiger partial charge < -0.3 is 19.6 Å². The number of carboxylic acids is 1. The Kier molecular flexibility index (Phi) is 7.86. The van der Waals surface area contributed by atoms with Crippen LogP contribution in [-0.4, -0.2) is 58.3 Å². The smallest absolute Gasteiger partial charge is 0.475 e. The number of pyridine rings is 1. The van der Waals surface area contributed by atoms with Crippen molar-refractivity contribution in [2.75, 3.05) is 13.1 Å². The van der Waals surface area contributed by atoms with Crippen LogP contribution in [-0.2, 0) is 27.4 Å². The molecule has 174 valence electrons. The number of hydrogen-bond acceptors (Lipinski definition) is 6. The van der Waals surface area contributed by atoms with Gasteiger partial charge in [0.2, 0.25) is 5.91 Å². The molecular weight excluding hydrogens is 431 g/mol. The maximum absolute atomic E-state index is 12.4. The molecule has 2 aliphatic heterocycles. The monoisotopic (exact) mass is 455 g/mol. The molecule has 0 unspecified atom stereocenters. The summed E-state index contributed by atoms with van der Waals surface area (Å²) in [6, 6.07) is 9.66. The fourth-order valence-corrected chi connectivity index (χ4v) is 3.73. The SMILES string of the molecule is O=C(NCc1ccco1)[C@H]1C[C@@H]2CCN(Cc3ccccn3)C[C@@H]2O1.O=C(O)C(F)(F)F. The molecule has 0 saturated carbocycles. The lowest BCUT2D eigenvalue weighted by Gasteiger charge is -2.33. The minimum Gasteiger partial charge on any atom is -0.475 e. The van der Waals surface area contributed by atoms with Crippen LogP contribution in [0, 0.1) is 5.92 Å². The minimum absolute atomic E-state index is 0.0397. The number of fused-ring (bicyclic) bond motifs is 1. The average Bonchev–Trinajstić information content (AvgIpc) is 3.42. The fraction of sp³-hybridized carbons (Fsp3) is 0.476. The Labute approximate surface area is 182 Å². The second-order valence-corrected chi connectivity index (χ2v) is 7.60. The number of furan rings is 1. The first-order valence-electron chi connectivity index (χ1n) is 10.1. The van der Waals surface area contributed by atoms with E-state index >= 15 is 0 Å². The molecule has 2 N–H and O–H groups in total. The molecule has 0 radical (unpaired) electrons. The highest BCUT2D eigenvalue weighted by Crippen LogP contribution is 2.33. The summed E-state index contributed by atoms with van der Waals surface area (Å²) in [6.07, 6.45) is 0.0220. The van der Waals surface area contributed by atoms with E-state index < -0.39 is 12.1 Å². The van der Waals surface area contributed by atoms with Crippen LogP contribution in [0.4, 0.5) is 13.2 Å². The predicted molar refractivity (Wildman–Crippen MR) is 105 cm³/mol. The number of carbonyl (C=O) groups is 2. The van der Waals surface area contributed by atoms with E-state index in [2.05, 4.69) is 15.2 Å². The fourth-order valence-electron chi connectivity index (χ4n) is 3.73. The number of hydrogen-bond donors (Lipinski definition) is 2. The molecule has 11 heteroatoms. The lowest BCUT2D eigenvalue weighted by molar-refractivity contribution is -0.192. The summed E-state index contributed by atoms with van der Waals surface area (Å²) < 4.78 is 43.0. The van der Waals surface area contributed by atoms with E-state index in [1.807, 2.05) is 36.5 Å². The Morgan fingerprint density at radius 3 is 2.66 bits per heavy atom. The molecule has 4 heterocycles. The summed E-state index contributed by atoms with van der Waals surface area (Å²) >= 11 is 0. The van der Waals surface area contributed by atoms with Crippen LogP contribution in [0.2, 0.25) is 0 Å². The Hall–Kier alpha value is -2.92. The van der Waals surface area contributed by atoms with Crippen molar-refractivity contribution in [3.8, 4) is 0 Å². The molecule has 1 amide bonds. The third kappa shape index (κ3) is 6.79. The molecule has 2 aliphatic rings. The van der Waals surface area contributed by atoms with E-state index in [1.54, 1.807) is 6.26 Å². The number of piperidine rings is 1. The standard InChI is InChI=1S/C19H23N3O3.C2HF3O2/c23-19(21-11-16-5-3-9-24-16)17-10-14-6-8-22(13-18(14)25-17)12-15-4-1-2-7-20-15;3-2(4,5)1(6)7/h1-5,7,9,14,17-18H,6,8,10-13H2,(H,21,23);(H,6,7)/t14-,17+,18-;/m0./s1. The normalized spacial score (nSPS) is 23.0. The molecule has 0 spiro atoms. The number of rotatable bonds is 5. The average molecular weight is 455 g/mol. The second kappa shape index (κ2) is 10.6. The molecule has 0 bridgehead atoms. The molecule has 0 aliphatic carbocycles. The molecule has 2 saturated heterocycles. The first-order valence-corrected chi connectivity index (χ1v) is 10.1. The number of nitrogens with one attached hydrogen (secondary N) is 1. The zero-order chi connectivity index (χ0) is 23.1. The number of aromatic nitrogens is 1. The molecular formula is C21H24F3N3O5. The summed E-state index contributed by atoms with van der Waals surface area (Å²) in [4.78, 5) is 28.0. The molecule has 0 aromatic carbocycles. The van der Waals surface area contributed by atoms with Gasteiger partial charge >= 0.3 is 12.1 Å². The van der Waals surface area contributed by atoms with Crippen molar-refractivity contribution in [1.29, 1.82) is 0 Å². The van der Waals surface area contributed by atoms with E-state index in [0.29, 0.717) is 12.5 Å². The van der Waals surface area contributed by atoms with Crippen molar-refractivity contribution in [2.24, 2.45) is 5.92 Å². The Balaban J connectivity index is 0.000000360. The van der Waals surface area contributed by atoms with Crippen LogP contribution in [0.25, 0.3) is 0 Å². The molecule has 4 rings (SSSR count). The number of aliphatic carboxylic acids is 1. The molecule has 8 nitrogen and oxygen atoms in total. The zero-order valence-corrected chi connectivity index (χ0v) is 17.1. The number of nitrogens with zero attached hydrogens (tertiary/aromatic N) is 2. The highest BCUT2D eigenvalue weighted by atomic mass is 19.4. The van der Waals surface area contributed by atoms with Crippen LogP contribution in [0.15, 0.2) is 47.2 Å². The molecule has 32 heavy (non-hydrogen) atoms. The van der Waals surface area contributed by atoms with Gasteiger partial charge in [0.05, 0.1) is 24.6 Å². The Bertz CT molecular complexity index is 877. The highest BCUT2D eigenvalue weighted by Gasteiger charge is 2.41. The van der Waals surface area contributed by atoms with Crippen LogP contribution in [0.3, 0.4) is 0 Å². The predicted octanol–water partition coefficient (Wildman–Crippen LogP) is 2.60. The van der Waals surface area contributed by atoms with Gasteiger partial charge in [-0.15, -0.1) is 0 Å². The lowest BCUT2D eigenvalue weighted by atomic mass is 9.91. The van der Waals surface area contributed by atoms with Crippen LogP contribution >= 0.6 is 0 Å². The van der Waals surface area contributed by atoms with E-state index in [0.717, 1.165) is 43.9 Å². The number of halogens is 3. The Morgan fingerprint density at radius 1 is 1.25 bits per heavy atom. The number of likely N-dealkylation sites (tertiary alicyclic amines) is 1. The molecule has 2 fully saturated rings. The van der Waals surface area contributed by atoms with E-state index in [4.69, 9.17) is 19.1 Å². The van der Waals surface area contributed by atoms with Crippen molar-refractivity contribution in [3.05, 3.63) is 54.2 Å². The largest absolute Gasteiger partial charge is 0.490 e. The maximum Gasteiger partial charge on any atom is 0.490 e. The van der Waals surface area contributed by atoms with Crippen molar-refractivity contribution in [1.82, 2.24) is 15.2 Å². The second-order valence-electron chi connectivity index (χ2n) is 7.60. The van der Waals surface area contributed by atoms with Gasteiger partial charge in [0, 0.05) is 19.3 Å².